The molecule has 0 atom stereocenters. The third kappa shape index (κ3) is 4.84. The first kappa shape index (κ1) is 21.2. The second-order valence-electron chi connectivity index (χ2n) is 7.36. The number of aryl methyl sites for hydroxylation is 1. The van der Waals surface area contributed by atoms with Gasteiger partial charge in [0.1, 0.15) is 0 Å². The molecule has 2 heterocycles. The van der Waals surface area contributed by atoms with Crippen molar-refractivity contribution in [1.82, 2.24) is 14.1 Å². The first-order chi connectivity index (χ1) is 14.9. The van der Waals surface area contributed by atoms with E-state index in [0.717, 1.165) is 5.56 Å². The molecule has 3 aromatic rings. The van der Waals surface area contributed by atoms with Crippen molar-refractivity contribution in [3.05, 3.63) is 77.6 Å². The maximum atomic E-state index is 12.9. The minimum atomic E-state index is -3.68. The Bertz CT molecular complexity index is 1170. The summed E-state index contributed by atoms with van der Waals surface area (Å²) in [6.07, 6.45) is 3.32. The van der Waals surface area contributed by atoms with E-state index in [1.165, 1.54) is 16.4 Å². The summed E-state index contributed by atoms with van der Waals surface area (Å²) < 4.78 is 34.2. The standard InChI is InChI=1S/C22H24N4O4S/c1-17-7-8-20(31(28,29)26-9-11-30-12-10-26)13-21(17)22(27)24-19-14-23-25(16-19)15-18-5-3-2-4-6-18/h2-8,13-14,16H,9-12,15H2,1H3,(H,24,27). The number of ether oxygens (including phenoxy) is 1. The quantitative estimate of drug-likeness (QED) is 0.636. The van der Waals surface area contributed by atoms with Crippen LogP contribution in [-0.4, -0.2) is 54.7 Å². The Labute approximate surface area is 181 Å². The minimum Gasteiger partial charge on any atom is -0.379 e. The van der Waals surface area contributed by atoms with Crippen LogP contribution in [0.1, 0.15) is 21.5 Å². The zero-order valence-electron chi connectivity index (χ0n) is 17.2. The average molecular weight is 441 g/mol. The maximum Gasteiger partial charge on any atom is 0.256 e. The Hall–Kier alpha value is -3.01. The summed E-state index contributed by atoms with van der Waals surface area (Å²) in [5, 5.41) is 7.10. The summed E-state index contributed by atoms with van der Waals surface area (Å²) in [6, 6.07) is 14.5. The van der Waals surface area contributed by atoms with Crippen LogP contribution in [0.25, 0.3) is 0 Å². The zero-order valence-corrected chi connectivity index (χ0v) is 18.0. The van der Waals surface area contributed by atoms with Crippen LogP contribution in [0.3, 0.4) is 0 Å². The highest BCUT2D eigenvalue weighted by Gasteiger charge is 2.27. The lowest BCUT2D eigenvalue weighted by Crippen LogP contribution is -2.40. The van der Waals surface area contributed by atoms with E-state index in [9.17, 15) is 13.2 Å². The maximum absolute atomic E-state index is 12.9. The molecule has 0 bridgehead atoms. The first-order valence-electron chi connectivity index (χ1n) is 10.00. The molecule has 1 fully saturated rings. The molecule has 1 aromatic heterocycles. The van der Waals surface area contributed by atoms with Gasteiger partial charge in [0.25, 0.3) is 5.91 Å². The summed E-state index contributed by atoms with van der Waals surface area (Å²) in [4.78, 5) is 13.0. The fourth-order valence-corrected chi connectivity index (χ4v) is 4.86. The average Bonchev–Trinajstić information content (AvgIpc) is 3.21. The molecule has 1 N–H and O–H groups in total. The highest BCUT2D eigenvalue weighted by Crippen LogP contribution is 2.21. The Morgan fingerprint density at radius 2 is 1.87 bits per heavy atom. The molecule has 0 unspecified atom stereocenters. The van der Waals surface area contributed by atoms with E-state index in [1.54, 1.807) is 30.1 Å². The highest BCUT2D eigenvalue weighted by atomic mass is 32.2. The summed E-state index contributed by atoms with van der Waals surface area (Å²) in [7, 11) is -3.68. The minimum absolute atomic E-state index is 0.102. The lowest BCUT2D eigenvalue weighted by molar-refractivity contribution is 0.0730. The Morgan fingerprint density at radius 1 is 1.13 bits per heavy atom. The molecule has 0 aliphatic carbocycles. The molecule has 162 valence electrons. The Morgan fingerprint density at radius 3 is 2.61 bits per heavy atom. The number of aromatic nitrogens is 2. The third-order valence-corrected chi connectivity index (χ3v) is 7.03. The molecule has 0 radical (unpaired) electrons. The molecule has 0 spiro atoms. The van der Waals surface area contributed by atoms with Gasteiger partial charge in [-0.2, -0.15) is 9.40 Å². The first-order valence-corrected chi connectivity index (χ1v) is 11.4. The van der Waals surface area contributed by atoms with Crippen molar-refractivity contribution in [3.8, 4) is 0 Å². The molecule has 2 aromatic carbocycles. The molecule has 1 aliphatic rings. The van der Waals surface area contributed by atoms with Crippen LogP contribution in [0, 0.1) is 6.92 Å². The molecule has 4 rings (SSSR count). The van der Waals surface area contributed by atoms with Crippen LogP contribution in [0.2, 0.25) is 0 Å². The van der Waals surface area contributed by atoms with Crippen molar-refractivity contribution in [1.29, 1.82) is 0 Å². The van der Waals surface area contributed by atoms with Crippen LogP contribution in [0.15, 0.2) is 65.8 Å². The number of sulfonamides is 1. The van der Waals surface area contributed by atoms with E-state index in [2.05, 4.69) is 10.4 Å². The van der Waals surface area contributed by atoms with Gasteiger partial charge >= 0.3 is 0 Å². The summed E-state index contributed by atoms with van der Waals surface area (Å²) >= 11 is 0. The number of nitrogens with one attached hydrogen (secondary N) is 1. The van der Waals surface area contributed by atoms with Gasteiger partial charge in [0, 0.05) is 24.8 Å². The summed E-state index contributed by atoms with van der Waals surface area (Å²) in [6.45, 7) is 3.70. The van der Waals surface area contributed by atoms with Crippen LogP contribution < -0.4 is 5.32 Å². The fraction of sp³-hybridized carbons (Fsp3) is 0.273. The van der Waals surface area contributed by atoms with Gasteiger partial charge in [0.05, 0.1) is 36.5 Å². The molecule has 9 heteroatoms. The van der Waals surface area contributed by atoms with Crippen LogP contribution in [0.4, 0.5) is 5.69 Å². The smallest absolute Gasteiger partial charge is 0.256 e. The molecule has 8 nitrogen and oxygen atoms in total. The van der Waals surface area contributed by atoms with Crippen molar-refractivity contribution in [2.75, 3.05) is 31.6 Å². The molecular weight excluding hydrogens is 416 g/mol. The van der Waals surface area contributed by atoms with Crippen molar-refractivity contribution < 1.29 is 17.9 Å². The molecule has 31 heavy (non-hydrogen) atoms. The number of anilines is 1. The summed E-state index contributed by atoms with van der Waals surface area (Å²) in [5.41, 5.74) is 2.64. The van der Waals surface area contributed by atoms with Crippen molar-refractivity contribution in [3.63, 3.8) is 0 Å². The molecule has 1 aliphatic heterocycles. The largest absolute Gasteiger partial charge is 0.379 e. The van der Waals surface area contributed by atoms with Crippen molar-refractivity contribution in [2.45, 2.75) is 18.4 Å². The fourth-order valence-electron chi connectivity index (χ4n) is 3.43. The van der Waals surface area contributed by atoms with E-state index in [4.69, 9.17) is 4.74 Å². The van der Waals surface area contributed by atoms with E-state index in [-0.39, 0.29) is 10.8 Å². The number of morpholine rings is 1. The third-order valence-electron chi connectivity index (χ3n) is 5.14. The van der Waals surface area contributed by atoms with E-state index < -0.39 is 10.0 Å². The molecular formula is C22H24N4O4S. The monoisotopic (exact) mass is 440 g/mol. The molecule has 1 amide bonds. The number of amides is 1. The lowest BCUT2D eigenvalue weighted by atomic mass is 10.1. The lowest BCUT2D eigenvalue weighted by Gasteiger charge is -2.26. The summed E-state index contributed by atoms with van der Waals surface area (Å²) in [5.74, 6) is -0.379. The van der Waals surface area contributed by atoms with Crippen LogP contribution in [-0.2, 0) is 21.3 Å². The number of nitrogens with zero attached hydrogens (tertiary/aromatic N) is 3. The second-order valence-corrected chi connectivity index (χ2v) is 9.30. The highest BCUT2D eigenvalue weighted by molar-refractivity contribution is 7.89. The van der Waals surface area contributed by atoms with Gasteiger partial charge in [-0.3, -0.25) is 9.48 Å². The Balaban J connectivity index is 1.50. The predicted molar refractivity (Wildman–Crippen MR) is 116 cm³/mol. The number of carbonyl (C=O) groups excluding carboxylic acids is 1. The van der Waals surface area contributed by atoms with Gasteiger partial charge in [-0.1, -0.05) is 36.4 Å². The van der Waals surface area contributed by atoms with Crippen LogP contribution >= 0.6 is 0 Å². The number of rotatable bonds is 6. The normalized spacial score (nSPS) is 15.0. The number of benzene rings is 2. The molecule has 1 saturated heterocycles. The van der Waals surface area contributed by atoms with Crippen molar-refractivity contribution >= 4 is 21.6 Å². The topological polar surface area (TPSA) is 93.5 Å². The van der Waals surface area contributed by atoms with E-state index in [1.807, 2.05) is 30.3 Å². The zero-order chi connectivity index (χ0) is 21.8. The van der Waals surface area contributed by atoms with Gasteiger partial charge in [-0.25, -0.2) is 8.42 Å². The number of hydrogen-bond donors (Lipinski definition) is 1. The SMILES string of the molecule is Cc1ccc(S(=O)(=O)N2CCOCC2)cc1C(=O)Nc1cnn(Cc2ccccc2)c1. The number of hydrogen-bond acceptors (Lipinski definition) is 5. The van der Waals surface area contributed by atoms with Crippen molar-refractivity contribution in [2.24, 2.45) is 0 Å². The van der Waals surface area contributed by atoms with Gasteiger partial charge in [0.2, 0.25) is 10.0 Å². The van der Waals surface area contributed by atoms with Gasteiger partial charge < -0.3 is 10.1 Å². The number of carbonyl (C=O) groups is 1. The second kappa shape index (κ2) is 9.01. The van der Waals surface area contributed by atoms with E-state index in [0.29, 0.717) is 49.7 Å². The molecule has 0 saturated carbocycles. The van der Waals surface area contributed by atoms with Crippen LogP contribution in [0.5, 0.6) is 0 Å². The van der Waals surface area contributed by atoms with Gasteiger partial charge in [-0.15, -0.1) is 0 Å². The predicted octanol–water partition coefficient (Wildman–Crippen LogP) is 2.51. The van der Waals surface area contributed by atoms with E-state index >= 15 is 0 Å². The van der Waals surface area contributed by atoms with Gasteiger partial charge in [-0.05, 0) is 30.2 Å². The Kier molecular flexibility index (Phi) is 6.17. The van der Waals surface area contributed by atoms with Gasteiger partial charge in [0.15, 0.2) is 0 Å².